The van der Waals surface area contributed by atoms with Crippen molar-refractivity contribution in [3.05, 3.63) is 30.3 Å². The zero-order chi connectivity index (χ0) is 21.4. The van der Waals surface area contributed by atoms with Crippen LogP contribution in [0.3, 0.4) is 0 Å². The Bertz CT molecular complexity index is 843. The van der Waals surface area contributed by atoms with Crippen LogP contribution in [0.5, 0.6) is 0 Å². The molecule has 0 radical (unpaired) electrons. The SMILES string of the molecule is CN(C1CCN(C(=O)CCC(=O)N(CCC#N)c2ccccc2)CC1)S(C)(=O)=O. The van der Waals surface area contributed by atoms with Gasteiger partial charge in [0.15, 0.2) is 0 Å². The van der Waals surface area contributed by atoms with Crippen LogP contribution in [-0.2, 0) is 19.6 Å². The molecule has 1 aromatic rings. The molecule has 1 aliphatic heterocycles. The molecule has 0 aromatic heterocycles. The topological polar surface area (TPSA) is 102 Å². The first-order chi connectivity index (χ1) is 13.7. The Balaban J connectivity index is 1.88. The van der Waals surface area contributed by atoms with E-state index in [1.807, 2.05) is 24.3 Å². The number of sulfonamides is 1. The standard InChI is InChI=1S/C20H28N4O4S/c1-22(29(2,27)28)17-11-15-23(16-12-17)19(25)9-10-20(26)24(14-6-13-21)18-7-4-3-5-8-18/h3-5,7-8,17H,6,9-12,14-16H2,1-2H3. The van der Waals surface area contributed by atoms with Gasteiger partial charge in [-0.1, -0.05) is 18.2 Å². The van der Waals surface area contributed by atoms with Crippen molar-refractivity contribution in [3.63, 3.8) is 0 Å². The molecule has 0 unspecified atom stereocenters. The molecule has 0 spiro atoms. The maximum Gasteiger partial charge on any atom is 0.227 e. The van der Waals surface area contributed by atoms with Crippen molar-refractivity contribution in [1.82, 2.24) is 9.21 Å². The summed E-state index contributed by atoms with van der Waals surface area (Å²) in [6, 6.07) is 11.1. The van der Waals surface area contributed by atoms with Crippen LogP contribution in [0, 0.1) is 11.3 Å². The second-order valence-electron chi connectivity index (χ2n) is 7.18. The molecule has 1 fully saturated rings. The number of carbonyl (C=O) groups excluding carboxylic acids is 2. The number of para-hydroxylation sites is 1. The number of nitriles is 1. The normalized spacial score (nSPS) is 15.2. The van der Waals surface area contributed by atoms with Crippen molar-refractivity contribution in [2.45, 2.75) is 38.1 Å². The zero-order valence-electron chi connectivity index (χ0n) is 17.0. The molecule has 0 saturated carbocycles. The van der Waals surface area contributed by atoms with Gasteiger partial charge in [0, 0.05) is 51.3 Å². The van der Waals surface area contributed by atoms with Crippen LogP contribution in [-0.4, -0.2) is 68.4 Å². The molecule has 9 heteroatoms. The number of hydrogen-bond acceptors (Lipinski definition) is 5. The minimum Gasteiger partial charge on any atom is -0.343 e. The second-order valence-corrected chi connectivity index (χ2v) is 9.22. The van der Waals surface area contributed by atoms with E-state index in [9.17, 15) is 18.0 Å². The third-order valence-electron chi connectivity index (χ3n) is 5.22. The fourth-order valence-corrected chi connectivity index (χ4v) is 4.18. The molecule has 1 aliphatic rings. The molecule has 1 heterocycles. The average molecular weight is 421 g/mol. The molecule has 29 heavy (non-hydrogen) atoms. The van der Waals surface area contributed by atoms with Crippen molar-refractivity contribution < 1.29 is 18.0 Å². The average Bonchev–Trinajstić information content (AvgIpc) is 2.72. The summed E-state index contributed by atoms with van der Waals surface area (Å²) in [5.41, 5.74) is 0.713. The Morgan fingerprint density at radius 2 is 1.79 bits per heavy atom. The van der Waals surface area contributed by atoms with E-state index in [1.54, 1.807) is 29.0 Å². The summed E-state index contributed by atoms with van der Waals surface area (Å²) in [5.74, 6) is -0.293. The van der Waals surface area contributed by atoms with Crippen LogP contribution in [0.2, 0.25) is 0 Å². The summed E-state index contributed by atoms with van der Waals surface area (Å²) < 4.78 is 24.7. The first kappa shape index (κ1) is 22.8. The van der Waals surface area contributed by atoms with E-state index >= 15 is 0 Å². The van der Waals surface area contributed by atoms with Gasteiger partial charge in [0.05, 0.1) is 18.7 Å². The van der Waals surface area contributed by atoms with Gasteiger partial charge in [0.25, 0.3) is 0 Å². The Morgan fingerprint density at radius 3 is 2.34 bits per heavy atom. The molecule has 0 aliphatic carbocycles. The highest BCUT2D eigenvalue weighted by Gasteiger charge is 2.29. The predicted molar refractivity (Wildman–Crippen MR) is 110 cm³/mol. The number of carbonyl (C=O) groups is 2. The number of anilines is 1. The smallest absolute Gasteiger partial charge is 0.227 e. The van der Waals surface area contributed by atoms with E-state index in [-0.39, 0.29) is 43.7 Å². The number of rotatable bonds is 8. The van der Waals surface area contributed by atoms with Crippen molar-refractivity contribution >= 4 is 27.5 Å². The van der Waals surface area contributed by atoms with E-state index in [2.05, 4.69) is 0 Å². The molecular weight excluding hydrogens is 392 g/mol. The van der Waals surface area contributed by atoms with Crippen molar-refractivity contribution in [2.24, 2.45) is 0 Å². The lowest BCUT2D eigenvalue weighted by molar-refractivity contribution is -0.134. The van der Waals surface area contributed by atoms with Crippen molar-refractivity contribution in [1.29, 1.82) is 5.26 Å². The molecule has 2 amide bonds. The third kappa shape index (κ3) is 6.54. The first-order valence-electron chi connectivity index (χ1n) is 9.67. The Kier molecular flexibility index (Phi) is 8.17. The minimum atomic E-state index is -3.25. The number of likely N-dealkylation sites (tertiary alicyclic amines) is 1. The van der Waals surface area contributed by atoms with E-state index in [1.165, 1.54) is 10.6 Å². The predicted octanol–water partition coefficient (Wildman–Crippen LogP) is 1.60. The van der Waals surface area contributed by atoms with Crippen LogP contribution in [0.1, 0.15) is 32.1 Å². The second kappa shape index (κ2) is 10.4. The summed E-state index contributed by atoms with van der Waals surface area (Å²) in [5, 5.41) is 8.85. The molecule has 0 N–H and O–H groups in total. The van der Waals surface area contributed by atoms with Crippen LogP contribution in [0.15, 0.2) is 30.3 Å². The number of benzene rings is 1. The molecule has 1 aromatic carbocycles. The highest BCUT2D eigenvalue weighted by molar-refractivity contribution is 7.88. The van der Waals surface area contributed by atoms with E-state index in [0.29, 0.717) is 31.6 Å². The monoisotopic (exact) mass is 420 g/mol. The number of piperidine rings is 1. The van der Waals surface area contributed by atoms with Crippen molar-refractivity contribution in [2.75, 3.05) is 37.8 Å². The largest absolute Gasteiger partial charge is 0.343 e. The van der Waals surface area contributed by atoms with Gasteiger partial charge in [-0.25, -0.2) is 12.7 Å². The highest BCUT2D eigenvalue weighted by Crippen LogP contribution is 2.19. The van der Waals surface area contributed by atoms with Crippen LogP contribution < -0.4 is 4.90 Å². The van der Waals surface area contributed by atoms with Crippen LogP contribution >= 0.6 is 0 Å². The lowest BCUT2D eigenvalue weighted by atomic mass is 10.0. The van der Waals surface area contributed by atoms with Gasteiger partial charge >= 0.3 is 0 Å². The third-order valence-corrected chi connectivity index (χ3v) is 6.57. The van der Waals surface area contributed by atoms with E-state index in [0.717, 1.165) is 0 Å². The molecule has 1 saturated heterocycles. The van der Waals surface area contributed by atoms with Gasteiger partial charge in [-0.05, 0) is 25.0 Å². The Morgan fingerprint density at radius 1 is 1.17 bits per heavy atom. The summed E-state index contributed by atoms with van der Waals surface area (Å²) in [6.45, 7) is 1.25. The van der Waals surface area contributed by atoms with E-state index < -0.39 is 10.0 Å². The quantitative estimate of drug-likeness (QED) is 0.636. The van der Waals surface area contributed by atoms with Crippen molar-refractivity contribution in [3.8, 4) is 6.07 Å². The van der Waals surface area contributed by atoms with E-state index in [4.69, 9.17) is 5.26 Å². The van der Waals surface area contributed by atoms with Gasteiger partial charge in [-0.3, -0.25) is 9.59 Å². The lowest BCUT2D eigenvalue weighted by Gasteiger charge is -2.35. The Hall–Kier alpha value is -2.44. The maximum atomic E-state index is 12.7. The summed E-state index contributed by atoms with van der Waals surface area (Å²) in [6.07, 6.45) is 2.74. The summed E-state index contributed by atoms with van der Waals surface area (Å²) >= 11 is 0. The van der Waals surface area contributed by atoms with Gasteiger partial charge in [-0.15, -0.1) is 0 Å². The van der Waals surface area contributed by atoms with Gasteiger partial charge in [-0.2, -0.15) is 5.26 Å². The maximum absolute atomic E-state index is 12.7. The molecule has 0 atom stereocenters. The van der Waals surface area contributed by atoms with Crippen LogP contribution in [0.25, 0.3) is 0 Å². The van der Waals surface area contributed by atoms with Crippen LogP contribution in [0.4, 0.5) is 5.69 Å². The van der Waals surface area contributed by atoms with Gasteiger partial charge in [0.1, 0.15) is 0 Å². The fraction of sp³-hybridized carbons (Fsp3) is 0.550. The Labute approximate surface area is 172 Å². The highest BCUT2D eigenvalue weighted by atomic mass is 32.2. The molecule has 0 bridgehead atoms. The molecule has 8 nitrogen and oxygen atoms in total. The zero-order valence-corrected chi connectivity index (χ0v) is 17.8. The molecule has 2 rings (SSSR count). The first-order valence-corrected chi connectivity index (χ1v) is 11.5. The number of hydrogen-bond donors (Lipinski definition) is 0. The summed E-state index contributed by atoms with van der Waals surface area (Å²) in [7, 11) is -1.68. The molecular formula is C20H28N4O4S. The summed E-state index contributed by atoms with van der Waals surface area (Å²) in [4.78, 5) is 28.4. The number of amides is 2. The minimum absolute atomic E-state index is 0.0718. The fourth-order valence-electron chi connectivity index (χ4n) is 3.42. The lowest BCUT2D eigenvalue weighted by Crippen LogP contribution is -2.47. The molecule has 158 valence electrons. The van der Waals surface area contributed by atoms with Gasteiger partial charge in [0.2, 0.25) is 21.8 Å². The van der Waals surface area contributed by atoms with Gasteiger partial charge < -0.3 is 9.80 Å². The number of nitrogens with zero attached hydrogens (tertiary/aromatic N) is 4.